The molecule has 1 aliphatic heterocycles. The predicted molar refractivity (Wildman–Crippen MR) is 75.4 cm³/mol. The van der Waals surface area contributed by atoms with Crippen molar-refractivity contribution in [2.75, 3.05) is 0 Å². The molecule has 1 aliphatic carbocycles. The number of benzene rings is 1. The smallest absolute Gasteiger partial charge is 0.207 e. The molecule has 1 aromatic rings. The van der Waals surface area contributed by atoms with Crippen molar-refractivity contribution < 1.29 is 8.42 Å². The van der Waals surface area contributed by atoms with E-state index in [1.54, 1.807) is 16.4 Å². The van der Waals surface area contributed by atoms with Crippen LogP contribution in [0.1, 0.15) is 31.2 Å². The highest BCUT2D eigenvalue weighted by molar-refractivity contribution is 7.89. The molecule has 1 heterocycles. The number of rotatable bonds is 2. The van der Waals surface area contributed by atoms with Gasteiger partial charge in [-0.2, -0.15) is 4.31 Å². The molecule has 0 N–H and O–H groups in total. The highest BCUT2D eigenvalue weighted by atomic mass is 32.2. The van der Waals surface area contributed by atoms with E-state index in [1.165, 1.54) is 0 Å². The number of hydrogen-bond acceptors (Lipinski definition) is 2. The Labute approximate surface area is 115 Å². The first-order valence-electron chi connectivity index (χ1n) is 6.87. The van der Waals surface area contributed by atoms with E-state index >= 15 is 0 Å². The van der Waals surface area contributed by atoms with E-state index < -0.39 is 10.0 Å². The molecular weight excluding hydrogens is 258 g/mol. The Morgan fingerprint density at radius 1 is 1.16 bits per heavy atom. The Hall–Kier alpha value is -1.13. The van der Waals surface area contributed by atoms with Gasteiger partial charge in [-0.05, 0) is 38.3 Å². The summed E-state index contributed by atoms with van der Waals surface area (Å²) in [6, 6.07) is 7.40. The minimum Gasteiger partial charge on any atom is -0.207 e. The van der Waals surface area contributed by atoms with Gasteiger partial charge in [-0.25, -0.2) is 8.42 Å². The monoisotopic (exact) mass is 277 g/mol. The molecule has 3 rings (SSSR count). The van der Waals surface area contributed by atoms with Gasteiger partial charge < -0.3 is 0 Å². The topological polar surface area (TPSA) is 37.1 Å². The lowest BCUT2D eigenvalue weighted by Crippen LogP contribution is -2.15. The third-order valence-electron chi connectivity index (χ3n) is 3.98. The van der Waals surface area contributed by atoms with Gasteiger partial charge in [0, 0.05) is 6.04 Å². The predicted octanol–water partition coefficient (Wildman–Crippen LogP) is 2.87. The van der Waals surface area contributed by atoms with Crippen LogP contribution in [-0.4, -0.2) is 24.8 Å². The van der Waals surface area contributed by atoms with Gasteiger partial charge in [0.2, 0.25) is 10.0 Å². The van der Waals surface area contributed by atoms with Crippen LogP contribution in [0, 0.1) is 6.92 Å². The summed E-state index contributed by atoms with van der Waals surface area (Å²) in [4.78, 5) is 0.415. The molecule has 3 nitrogen and oxygen atoms in total. The summed E-state index contributed by atoms with van der Waals surface area (Å²) in [6.07, 6.45) is 8.53. The summed E-state index contributed by atoms with van der Waals surface area (Å²) in [5, 5.41) is 0. The molecular formula is C15H19NO2S. The van der Waals surface area contributed by atoms with Crippen LogP contribution in [0.25, 0.3) is 0 Å². The normalized spacial score (nSPS) is 31.9. The Balaban J connectivity index is 1.88. The first kappa shape index (κ1) is 12.9. The number of sulfonamides is 1. The van der Waals surface area contributed by atoms with Crippen molar-refractivity contribution in [1.82, 2.24) is 4.31 Å². The summed E-state index contributed by atoms with van der Waals surface area (Å²) in [6.45, 7) is 1.96. The fourth-order valence-corrected chi connectivity index (χ4v) is 4.60. The Bertz CT molecular complexity index is 589. The molecule has 3 atom stereocenters. The zero-order valence-corrected chi connectivity index (χ0v) is 11.9. The minimum atomic E-state index is -3.32. The Morgan fingerprint density at radius 2 is 1.89 bits per heavy atom. The van der Waals surface area contributed by atoms with Crippen molar-refractivity contribution in [3.05, 3.63) is 42.0 Å². The van der Waals surface area contributed by atoms with Gasteiger partial charge in [-0.1, -0.05) is 36.3 Å². The molecule has 0 saturated carbocycles. The maximum Gasteiger partial charge on any atom is 0.243 e. The number of allylic oxidation sites excluding steroid dienone is 1. The van der Waals surface area contributed by atoms with Crippen LogP contribution >= 0.6 is 0 Å². The largest absolute Gasteiger partial charge is 0.243 e. The first-order chi connectivity index (χ1) is 9.10. The first-order valence-corrected chi connectivity index (χ1v) is 8.31. The highest BCUT2D eigenvalue weighted by Gasteiger charge is 2.53. The van der Waals surface area contributed by atoms with Gasteiger partial charge in [0.1, 0.15) is 0 Å². The Morgan fingerprint density at radius 3 is 2.63 bits per heavy atom. The third kappa shape index (κ3) is 2.35. The summed E-state index contributed by atoms with van der Waals surface area (Å²) in [5.41, 5.74) is 1.08. The molecule has 0 aromatic heterocycles. The molecule has 19 heavy (non-hydrogen) atoms. The van der Waals surface area contributed by atoms with Crippen LogP contribution in [0.2, 0.25) is 0 Å². The zero-order valence-electron chi connectivity index (χ0n) is 11.1. The van der Waals surface area contributed by atoms with Gasteiger partial charge in [-0.3, -0.25) is 0 Å². The van der Waals surface area contributed by atoms with E-state index in [1.807, 2.05) is 19.1 Å². The second-order valence-corrected chi connectivity index (χ2v) is 7.26. The third-order valence-corrected chi connectivity index (χ3v) is 5.91. The lowest BCUT2D eigenvalue weighted by molar-refractivity contribution is 0.540. The van der Waals surface area contributed by atoms with Crippen LogP contribution < -0.4 is 0 Å². The maximum atomic E-state index is 12.6. The molecule has 0 amide bonds. The van der Waals surface area contributed by atoms with Gasteiger partial charge in [-0.15, -0.1) is 0 Å². The molecule has 102 valence electrons. The van der Waals surface area contributed by atoms with Crippen LogP contribution in [0.3, 0.4) is 0 Å². The van der Waals surface area contributed by atoms with Crippen molar-refractivity contribution in [2.45, 2.75) is 49.6 Å². The van der Waals surface area contributed by atoms with Gasteiger partial charge in [0.15, 0.2) is 0 Å². The van der Waals surface area contributed by atoms with Gasteiger partial charge in [0.05, 0.1) is 10.9 Å². The molecule has 0 radical (unpaired) electrons. The molecule has 1 fully saturated rings. The van der Waals surface area contributed by atoms with E-state index in [2.05, 4.69) is 12.2 Å². The highest BCUT2D eigenvalue weighted by Crippen LogP contribution is 2.40. The second-order valence-electron chi connectivity index (χ2n) is 5.42. The summed E-state index contributed by atoms with van der Waals surface area (Å²) in [5.74, 6) is 0. The molecule has 2 aliphatic rings. The van der Waals surface area contributed by atoms with Crippen LogP contribution in [0.4, 0.5) is 0 Å². The molecule has 0 bridgehead atoms. The fourth-order valence-electron chi connectivity index (χ4n) is 2.81. The second kappa shape index (κ2) is 4.76. The lowest BCUT2D eigenvalue weighted by atomic mass is 10.1. The van der Waals surface area contributed by atoms with E-state index in [9.17, 15) is 8.42 Å². The van der Waals surface area contributed by atoms with Crippen molar-refractivity contribution in [3.63, 3.8) is 0 Å². The molecule has 3 unspecified atom stereocenters. The summed E-state index contributed by atoms with van der Waals surface area (Å²) >= 11 is 0. The van der Waals surface area contributed by atoms with Gasteiger partial charge >= 0.3 is 0 Å². The number of nitrogens with zero attached hydrogens (tertiary/aromatic N) is 1. The molecule has 1 saturated heterocycles. The van der Waals surface area contributed by atoms with E-state index in [4.69, 9.17) is 0 Å². The number of fused-ring (bicyclic) bond motifs is 1. The summed E-state index contributed by atoms with van der Waals surface area (Å²) < 4.78 is 26.8. The van der Waals surface area contributed by atoms with Crippen molar-refractivity contribution in [3.8, 4) is 0 Å². The average Bonchev–Trinajstić information content (AvgIpc) is 3.02. The SMILES string of the molecule is Cc1ccc(S(=O)(=O)N2C3/C=C\CCCCC32)cc1. The van der Waals surface area contributed by atoms with E-state index in [0.29, 0.717) is 4.90 Å². The quantitative estimate of drug-likeness (QED) is 0.616. The Kier molecular flexibility index (Phi) is 3.23. The molecule has 1 aromatic carbocycles. The molecule has 0 spiro atoms. The van der Waals surface area contributed by atoms with Crippen molar-refractivity contribution in [2.24, 2.45) is 0 Å². The fraction of sp³-hybridized carbons (Fsp3) is 0.467. The number of hydrogen-bond donors (Lipinski definition) is 0. The van der Waals surface area contributed by atoms with Gasteiger partial charge in [0.25, 0.3) is 0 Å². The summed E-state index contributed by atoms with van der Waals surface area (Å²) in [7, 11) is -3.32. The van der Waals surface area contributed by atoms with E-state index in [0.717, 1.165) is 31.2 Å². The standard InChI is InChI=1S/C15H19NO2S/c1-12-8-10-13(11-9-12)19(17,18)16-14-6-4-2-3-5-7-15(14)16/h4,6,8-11,14-15H,2-3,5,7H2,1H3/b6-4-. The van der Waals surface area contributed by atoms with E-state index in [-0.39, 0.29) is 12.1 Å². The van der Waals surface area contributed by atoms with Crippen LogP contribution in [-0.2, 0) is 10.0 Å². The molecule has 4 heteroatoms. The van der Waals surface area contributed by atoms with Crippen LogP contribution in [0.15, 0.2) is 41.3 Å². The van der Waals surface area contributed by atoms with Crippen molar-refractivity contribution in [1.29, 1.82) is 0 Å². The average molecular weight is 277 g/mol. The lowest BCUT2D eigenvalue weighted by Gasteiger charge is -2.06. The minimum absolute atomic E-state index is 0.0894. The zero-order chi connectivity index (χ0) is 13.5. The number of aryl methyl sites for hydroxylation is 1. The van der Waals surface area contributed by atoms with Crippen molar-refractivity contribution >= 4 is 10.0 Å². The van der Waals surface area contributed by atoms with Crippen LogP contribution in [0.5, 0.6) is 0 Å². The maximum absolute atomic E-state index is 12.6.